The summed E-state index contributed by atoms with van der Waals surface area (Å²) in [5.41, 5.74) is 0.392. The van der Waals surface area contributed by atoms with Gasteiger partial charge in [-0.2, -0.15) is 0 Å². The van der Waals surface area contributed by atoms with Crippen LogP contribution in [0.5, 0.6) is 0 Å². The summed E-state index contributed by atoms with van der Waals surface area (Å²) in [7, 11) is 0. The minimum absolute atomic E-state index is 0.0747. The number of allylic oxidation sites excluding steroid dienone is 1. The van der Waals surface area contributed by atoms with Gasteiger partial charge in [0.15, 0.2) is 5.78 Å². The number of esters is 1. The monoisotopic (exact) mass is 404 g/mol. The second-order valence-corrected chi connectivity index (χ2v) is 9.69. The normalized spacial score (nSPS) is 42.2. The maximum absolute atomic E-state index is 13.1. The van der Waals surface area contributed by atoms with Crippen LogP contribution >= 0.6 is 0 Å². The number of fused-ring (bicyclic) bond motifs is 5. The molecule has 7 heteroatoms. The lowest BCUT2D eigenvalue weighted by Crippen LogP contribution is -2.53. The maximum atomic E-state index is 13.1. The van der Waals surface area contributed by atoms with Crippen molar-refractivity contribution in [3.8, 4) is 0 Å². The van der Waals surface area contributed by atoms with E-state index < -0.39 is 24.1 Å². The Morgan fingerprint density at radius 2 is 1.76 bits per heavy atom. The van der Waals surface area contributed by atoms with Crippen molar-refractivity contribution in [2.45, 2.75) is 71.0 Å². The van der Waals surface area contributed by atoms with Crippen molar-refractivity contribution < 1.29 is 34.1 Å². The van der Waals surface area contributed by atoms with Crippen molar-refractivity contribution in [1.29, 1.82) is 0 Å². The predicted molar refractivity (Wildman–Crippen MR) is 101 cm³/mol. The second-order valence-electron chi connectivity index (χ2n) is 9.69. The van der Waals surface area contributed by atoms with Crippen LogP contribution in [0.2, 0.25) is 0 Å². The molecule has 158 valence electrons. The van der Waals surface area contributed by atoms with Crippen LogP contribution < -0.4 is 0 Å². The summed E-state index contributed by atoms with van der Waals surface area (Å²) in [6, 6.07) is 0. The van der Waals surface area contributed by atoms with Gasteiger partial charge in [-0.1, -0.05) is 19.4 Å². The summed E-state index contributed by atoms with van der Waals surface area (Å²) in [6.45, 7) is 4.20. The first kappa shape index (κ1) is 20.3. The number of hydrogen-bond acceptors (Lipinski definition) is 6. The smallest absolute Gasteiger partial charge is 0.347 e. The first-order valence-electron chi connectivity index (χ1n) is 10.5. The van der Waals surface area contributed by atoms with Gasteiger partial charge in [0.05, 0.1) is 0 Å². The van der Waals surface area contributed by atoms with E-state index in [0.29, 0.717) is 25.0 Å². The van der Waals surface area contributed by atoms with Crippen molar-refractivity contribution in [2.24, 2.45) is 28.6 Å². The number of carbonyl (C=O) groups excluding carboxylic acids is 3. The second kappa shape index (κ2) is 6.76. The van der Waals surface area contributed by atoms with Gasteiger partial charge in [-0.15, -0.1) is 0 Å². The van der Waals surface area contributed by atoms with Crippen LogP contribution in [0.25, 0.3) is 0 Å². The molecule has 0 aromatic carbocycles. The third-order valence-electron chi connectivity index (χ3n) is 8.35. The summed E-state index contributed by atoms with van der Waals surface area (Å²) in [6.07, 6.45) is 3.64. The molecule has 0 amide bonds. The molecule has 4 unspecified atom stereocenters. The molecule has 7 nitrogen and oxygen atoms in total. The summed E-state index contributed by atoms with van der Waals surface area (Å²) >= 11 is 0. The zero-order valence-electron chi connectivity index (χ0n) is 16.8. The molecular weight excluding hydrogens is 376 g/mol. The van der Waals surface area contributed by atoms with Crippen molar-refractivity contribution in [3.63, 3.8) is 0 Å². The highest BCUT2D eigenvalue weighted by molar-refractivity contribution is 5.97. The van der Waals surface area contributed by atoms with Gasteiger partial charge in [-0.25, -0.2) is 9.59 Å². The number of ether oxygens (including phenoxy) is 1. The molecule has 0 aromatic heterocycles. The van der Waals surface area contributed by atoms with Crippen molar-refractivity contribution in [2.75, 3.05) is 0 Å². The van der Waals surface area contributed by atoms with Gasteiger partial charge in [0.1, 0.15) is 11.9 Å². The Balaban J connectivity index is 1.56. The molecule has 29 heavy (non-hydrogen) atoms. The highest BCUT2D eigenvalue weighted by Gasteiger charge is 2.61. The molecule has 0 radical (unpaired) electrons. The zero-order chi connectivity index (χ0) is 21.1. The quantitative estimate of drug-likeness (QED) is 0.546. The van der Waals surface area contributed by atoms with E-state index >= 15 is 0 Å². The lowest BCUT2D eigenvalue weighted by atomic mass is 9.48. The van der Waals surface area contributed by atoms with Crippen molar-refractivity contribution in [1.82, 2.24) is 0 Å². The van der Waals surface area contributed by atoms with Gasteiger partial charge >= 0.3 is 11.9 Å². The largest absolute Gasteiger partial charge is 0.479 e. The van der Waals surface area contributed by atoms with Crippen molar-refractivity contribution >= 4 is 23.5 Å². The summed E-state index contributed by atoms with van der Waals surface area (Å²) < 4.78 is 5.21. The molecule has 0 bridgehead atoms. The third-order valence-corrected chi connectivity index (χ3v) is 8.35. The van der Waals surface area contributed by atoms with E-state index in [-0.39, 0.29) is 34.4 Å². The number of rotatable bonds is 3. The lowest BCUT2D eigenvalue weighted by Gasteiger charge is -2.56. The third kappa shape index (κ3) is 2.97. The Morgan fingerprint density at radius 1 is 1.10 bits per heavy atom. The highest BCUT2D eigenvalue weighted by atomic mass is 16.6. The first-order valence-corrected chi connectivity index (χ1v) is 10.5. The summed E-state index contributed by atoms with van der Waals surface area (Å²) in [4.78, 5) is 48.2. The highest BCUT2D eigenvalue weighted by Crippen LogP contribution is 2.63. The molecule has 4 rings (SSSR count). The fourth-order valence-corrected chi connectivity index (χ4v) is 6.57. The number of hydrogen-bond donors (Lipinski definition) is 2. The number of Topliss-reactive ketones (excluding diaryl/α,β-unsaturated/α-hetero) is 1. The topological polar surface area (TPSA) is 118 Å². The molecule has 0 aliphatic heterocycles. The Labute approximate surface area is 169 Å². The summed E-state index contributed by atoms with van der Waals surface area (Å²) in [5.74, 6) is -2.27. The average Bonchev–Trinajstić information content (AvgIpc) is 2.97. The number of carboxylic acids is 1. The predicted octanol–water partition coefficient (Wildman–Crippen LogP) is 2.05. The lowest BCUT2D eigenvalue weighted by molar-refractivity contribution is -0.170. The number of aliphatic hydroxyl groups is 1. The van der Waals surface area contributed by atoms with E-state index in [0.717, 1.165) is 31.3 Å². The first-order chi connectivity index (χ1) is 13.6. The fourth-order valence-electron chi connectivity index (χ4n) is 6.57. The van der Waals surface area contributed by atoms with E-state index in [1.165, 1.54) is 0 Å². The summed E-state index contributed by atoms with van der Waals surface area (Å²) in [5, 5.41) is 18.1. The van der Waals surface area contributed by atoms with Gasteiger partial charge in [0.2, 0.25) is 6.10 Å². The number of carboxylic acid groups (broad SMARTS) is 1. The number of aliphatic carboxylic acids is 1. The van der Waals surface area contributed by atoms with E-state index in [1.54, 1.807) is 6.08 Å². The number of ketones is 2. The van der Waals surface area contributed by atoms with Crippen LogP contribution in [0.15, 0.2) is 11.6 Å². The zero-order valence-corrected chi connectivity index (χ0v) is 16.8. The van der Waals surface area contributed by atoms with Crippen LogP contribution in [0.1, 0.15) is 58.8 Å². The van der Waals surface area contributed by atoms with E-state index in [4.69, 9.17) is 9.84 Å². The Hall–Kier alpha value is -2.02. The molecule has 0 heterocycles. The molecule has 7 atom stereocenters. The molecule has 4 aliphatic carbocycles. The van der Waals surface area contributed by atoms with Crippen LogP contribution in [0, 0.1) is 28.6 Å². The van der Waals surface area contributed by atoms with E-state index in [1.807, 2.05) is 6.92 Å². The van der Waals surface area contributed by atoms with E-state index in [9.17, 15) is 24.3 Å². The van der Waals surface area contributed by atoms with E-state index in [2.05, 4.69) is 6.92 Å². The standard InChI is InChI=1S/C22H28O7/c1-21-7-5-12(29-20(28)18(25)19(26)27)9-11(21)10-15(23)17-13-3-4-16(24)22(13,2)8-6-14(17)21/h10,12-14,17-18,25H,3-9H2,1-2H3,(H,26,27)/t12-,13?,14?,17?,18?,21-,22-/m0/s1. The van der Waals surface area contributed by atoms with Gasteiger partial charge in [0, 0.05) is 24.2 Å². The Kier molecular flexibility index (Phi) is 4.72. The van der Waals surface area contributed by atoms with Crippen LogP contribution in [-0.4, -0.2) is 45.9 Å². The Morgan fingerprint density at radius 3 is 2.45 bits per heavy atom. The van der Waals surface area contributed by atoms with Gasteiger partial charge in [-0.3, -0.25) is 9.59 Å². The minimum atomic E-state index is -2.19. The fraction of sp³-hybridized carbons (Fsp3) is 0.727. The molecule has 2 N–H and O–H groups in total. The van der Waals surface area contributed by atoms with Gasteiger partial charge in [-0.05, 0) is 55.4 Å². The SMILES string of the molecule is C[C@]12CC[C@H](OC(=O)C(O)C(=O)O)CC1=CC(=O)C1C2CC[C@]2(C)C(=O)CCC12. The average molecular weight is 404 g/mol. The van der Waals surface area contributed by atoms with Gasteiger partial charge < -0.3 is 14.9 Å². The maximum Gasteiger partial charge on any atom is 0.347 e. The Bertz CT molecular complexity index is 814. The molecule has 3 saturated carbocycles. The van der Waals surface area contributed by atoms with Crippen LogP contribution in [0.3, 0.4) is 0 Å². The molecule has 4 aliphatic rings. The molecular formula is C22H28O7. The molecule has 0 spiro atoms. The van der Waals surface area contributed by atoms with Gasteiger partial charge in [0.25, 0.3) is 0 Å². The number of aliphatic hydroxyl groups excluding tert-OH is 1. The number of carbonyl (C=O) groups is 4. The molecule has 0 saturated heterocycles. The molecule has 0 aromatic rings. The molecule has 3 fully saturated rings. The van der Waals surface area contributed by atoms with Crippen molar-refractivity contribution in [3.05, 3.63) is 11.6 Å². The van der Waals surface area contributed by atoms with Crippen LogP contribution in [0.4, 0.5) is 0 Å². The minimum Gasteiger partial charge on any atom is -0.479 e. The van der Waals surface area contributed by atoms with Crippen LogP contribution in [-0.2, 0) is 23.9 Å².